The summed E-state index contributed by atoms with van der Waals surface area (Å²) in [6.45, 7) is -0.0547. The molecule has 1 aromatic heterocycles. The van der Waals surface area contributed by atoms with Crippen molar-refractivity contribution in [3.8, 4) is 0 Å². The molecule has 0 atom stereocenters. The third-order valence-electron chi connectivity index (χ3n) is 3.82. The van der Waals surface area contributed by atoms with Crippen LogP contribution in [0, 0.1) is 5.41 Å². The standard InChI is InChI=1S/C14H15NO2S/c16-9-14(6-3-7-14)13(17)15-11-8-18-12-5-2-1-4-10(11)12/h1-2,4-5,8,16H,3,6-7,9H2,(H,15,17). The van der Waals surface area contributed by atoms with Gasteiger partial charge < -0.3 is 10.4 Å². The zero-order chi connectivity index (χ0) is 12.6. The molecule has 1 heterocycles. The van der Waals surface area contributed by atoms with E-state index in [0.29, 0.717) is 0 Å². The molecule has 0 unspecified atom stereocenters. The molecule has 18 heavy (non-hydrogen) atoms. The molecule has 2 aromatic rings. The minimum absolute atomic E-state index is 0.0418. The van der Waals surface area contributed by atoms with Gasteiger partial charge in [0.15, 0.2) is 0 Å². The van der Waals surface area contributed by atoms with E-state index in [1.807, 2.05) is 29.6 Å². The summed E-state index contributed by atoms with van der Waals surface area (Å²) in [5, 5.41) is 15.4. The SMILES string of the molecule is O=C(Nc1csc2ccccc12)C1(CO)CCC1. The maximum Gasteiger partial charge on any atom is 0.232 e. The number of carbonyl (C=O) groups excluding carboxylic acids is 1. The van der Waals surface area contributed by atoms with Gasteiger partial charge >= 0.3 is 0 Å². The largest absolute Gasteiger partial charge is 0.395 e. The highest BCUT2D eigenvalue weighted by molar-refractivity contribution is 7.17. The number of nitrogens with one attached hydrogen (secondary N) is 1. The van der Waals surface area contributed by atoms with Crippen LogP contribution in [-0.2, 0) is 4.79 Å². The van der Waals surface area contributed by atoms with Gasteiger partial charge in [0.05, 0.1) is 17.7 Å². The summed E-state index contributed by atoms with van der Waals surface area (Å²) < 4.78 is 1.17. The van der Waals surface area contributed by atoms with Gasteiger partial charge in [-0.2, -0.15) is 0 Å². The summed E-state index contributed by atoms with van der Waals surface area (Å²) in [4.78, 5) is 12.2. The number of rotatable bonds is 3. The summed E-state index contributed by atoms with van der Waals surface area (Å²) >= 11 is 1.62. The van der Waals surface area contributed by atoms with Crippen LogP contribution in [0.4, 0.5) is 5.69 Å². The molecule has 0 bridgehead atoms. The number of hydrogen-bond acceptors (Lipinski definition) is 3. The zero-order valence-corrected chi connectivity index (χ0v) is 10.8. The topological polar surface area (TPSA) is 49.3 Å². The lowest BCUT2D eigenvalue weighted by Crippen LogP contribution is -2.44. The fourth-order valence-corrected chi connectivity index (χ4v) is 3.28. The lowest BCUT2D eigenvalue weighted by Gasteiger charge is -2.38. The molecule has 94 valence electrons. The summed E-state index contributed by atoms with van der Waals surface area (Å²) in [6.07, 6.45) is 2.60. The maximum atomic E-state index is 12.2. The lowest BCUT2D eigenvalue weighted by molar-refractivity contribution is -0.133. The van der Waals surface area contributed by atoms with E-state index in [-0.39, 0.29) is 12.5 Å². The summed E-state index contributed by atoms with van der Waals surface area (Å²) in [7, 11) is 0. The van der Waals surface area contributed by atoms with E-state index in [1.54, 1.807) is 11.3 Å². The minimum atomic E-state index is -0.539. The molecule has 1 amide bonds. The minimum Gasteiger partial charge on any atom is -0.395 e. The Hall–Kier alpha value is -1.39. The Balaban J connectivity index is 1.86. The lowest BCUT2D eigenvalue weighted by atomic mass is 9.68. The maximum absolute atomic E-state index is 12.2. The molecule has 1 saturated carbocycles. The van der Waals surface area contributed by atoms with Crippen molar-refractivity contribution in [3.63, 3.8) is 0 Å². The van der Waals surface area contributed by atoms with Crippen molar-refractivity contribution in [1.82, 2.24) is 0 Å². The van der Waals surface area contributed by atoms with Gasteiger partial charge in [0.2, 0.25) is 5.91 Å². The van der Waals surface area contributed by atoms with E-state index in [4.69, 9.17) is 0 Å². The molecule has 2 N–H and O–H groups in total. The van der Waals surface area contributed by atoms with Crippen molar-refractivity contribution in [1.29, 1.82) is 0 Å². The normalized spacial score (nSPS) is 17.4. The van der Waals surface area contributed by atoms with Crippen LogP contribution < -0.4 is 5.32 Å². The Morgan fingerprint density at radius 2 is 2.17 bits per heavy atom. The van der Waals surface area contributed by atoms with Gasteiger partial charge in [-0.3, -0.25) is 4.79 Å². The van der Waals surface area contributed by atoms with E-state index in [9.17, 15) is 9.90 Å². The Morgan fingerprint density at radius 3 is 2.83 bits per heavy atom. The first kappa shape index (κ1) is 11.7. The van der Waals surface area contributed by atoms with Crippen LogP contribution >= 0.6 is 11.3 Å². The fraction of sp³-hybridized carbons (Fsp3) is 0.357. The molecule has 0 saturated heterocycles. The number of aliphatic hydroxyl groups excluding tert-OH is 1. The number of benzene rings is 1. The van der Waals surface area contributed by atoms with Crippen LogP contribution in [0.15, 0.2) is 29.6 Å². The summed E-state index contributed by atoms with van der Waals surface area (Å²) in [5.41, 5.74) is 0.323. The fourth-order valence-electron chi connectivity index (χ4n) is 2.39. The van der Waals surface area contributed by atoms with Crippen LogP contribution in [0.5, 0.6) is 0 Å². The average molecular weight is 261 g/mol. The predicted molar refractivity (Wildman–Crippen MR) is 73.8 cm³/mol. The molecule has 3 rings (SSSR count). The van der Waals surface area contributed by atoms with Gasteiger partial charge in [0.25, 0.3) is 0 Å². The number of hydrogen-bond donors (Lipinski definition) is 2. The summed E-state index contributed by atoms with van der Waals surface area (Å²) in [5.74, 6) is -0.0418. The second-order valence-corrected chi connectivity index (χ2v) is 5.80. The van der Waals surface area contributed by atoms with E-state index >= 15 is 0 Å². The van der Waals surface area contributed by atoms with Gasteiger partial charge in [0.1, 0.15) is 0 Å². The Morgan fingerprint density at radius 1 is 1.39 bits per heavy atom. The summed E-state index contributed by atoms with van der Waals surface area (Å²) in [6, 6.07) is 8.01. The van der Waals surface area contributed by atoms with Crippen LogP contribution in [0.25, 0.3) is 10.1 Å². The first-order valence-electron chi connectivity index (χ1n) is 6.14. The Bertz CT molecular complexity index is 581. The van der Waals surface area contributed by atoms with Gasteiger partial charge in [-0.1, -0.05) is 24.6 Å². The van der Waals surface area contributed by atoms with E-state index in [0.717, 1.165) is 30.3 Å². The van der Waals surface area contributed by atoms with Crippen molar-refractivity contribution in [2.24, 2.45) is 5.41 Å². The molecule has 1 aliphatic carbocycles. The quantitative estimate of drug-likeness (QED) is 0.892. The van der Waals surface area contributed by atoms with Crippen molar-refractivity contribution < 1.29 is 9.90 Å². The highest BCUT2D eigenvalue weighted by Crippen LogP contribution is 2.42. The van der Waals surface area contributed by atoms with E-state index in [2.05, 4.69) is 5.32 Å². The number of carbonyl (C=O) groups is 1. The van der Waals surface area contributed by atoms with Crippen molar-refractivity contribution in [2.45, 2.75) is 19.3 Å². The van der Waals surface area contributed by atoms with Gasteiger partial charge in [-0.15, -0.1) is 11.3 Å². The number of anilines is 1. The Kier molecular flexibility index (Phi) is 2.84. The first-order chi connectivity index (χ1) is 8.75. The van der Waals surface area contributed by atoms with Crippen molar-refractivity contribution in [3.05, 3.63) is 29.6 Å². The van der Waals surface area contributed by atoms with Gasteiger partial charge in [0, 0.05) is 15.5 Å². The molecule has 3 nitrogen and oxygen atoms in total. The van der Waals surface area contributed by atoms with Crippen LogP contribution in [0.1, 0.15) is 19.3 Å². The first-order valence-corrected chi connectivity index (χ1v) is 7.02. The van der Waals surface area contributed by atoms with Crippen LogP contribution in [0.2, 0.25) is 0 Å². The van der Waals surface area contributed by atoms with E-state index < -0.39 is 5.41 Å². The monoisotopic (exact) mass is 261 g/mol. The second-order valence-electron chi connectivity index (χ2n) is 4.89. The third kappa shape index (κ3) is 1.72. The van der Waals surface area contributed by atoms with E-state index in [1.165, 1.54) is 4.70 Å². The van der Waals surface area contributed by atoms with Crippen molar-refractivity contribution >= 4 is 33.0 Å². The third-order valence-corrected chi connectivity index (χ3v) is 4.79. The second kappa shape index (κ2) is 4.37. The molecule has 0 aliphatic heterocycles. The Labute approximate surface area is 109 Å². The van der Waals surface area contributed by atoms with Crippen molar-refractivity contribution in [2.75, 3.05) is 11.9 Å². The van der Waals surface area contributed by atoms with Crippen LogP contribution in [-0.4, -0.2) is 17.6 Å². The van der Waals surface area contributed by atoms with Crippen LogP contribution in [0.3, 0.4) is 0 Å². The zero-order valence-electron chi connectivity index (χ0n) is 9.98. The molecule has 1 aliphatic rings. The number of thiophene rings is 1. The van der Waals surface area contributed by atoms with Gasteiger partial charge in [-0.05, 0) is 18.9 Å². The molecule has 4 heteroatoms. The van der Waals surface area contributed by atoms with Gasteiger partial charge in [-0.25, -0.2) is 0 Å². The average Bonchev–Trinajstić information content (AvgIpc) is 2.72. The molecule has 1 fully saturated rings. The predicted octanol–water partition coefficient (Wildman–Crippen LogP) is 3.00. The highest BCUT2D eigenvalue weighted by atomic mass is 32.1. The number of fused-ring (bicyclic) bond motifs is 1. The smallest absolute Gasteiger partial charge is 0.232 e. The molecule has 0 radical (unpaired) electrons. The molecule has 1 aromatic carbocycles. The highest BCUT2D eigenvalue weighted by Gasteiger charge is 2.43. The number of amides is 1. The molecule has 0 spiro atoms. The molecular formula is C14H15NO2S. The number of aliphatic hydroxyl groups is 1. The molecular weight excluding hydrogens is 246 g/mol.